The molecule has 3 aromatic carbocycles. The molecule has 11 heteroatoms. The highest BCUT2D eigenvalue weighted by molar-refractivity contribution is 9.10. The Hall–Kier alpha value is -3.96. The van der Waals surface area contributed by atoms with Gasteiger partial charge in [0.15, 0.2) is 11.5 Å². The minimum atomic E-state index is -0.606. The number of nitrogens with zero attached hydrogens (tertiary/aromatic N) is 3. The van der Waals surface area contributed by atoms with E-state index in [0.29, 0.717) is 63.0 Å². The van der Waals surface area contributed by atoms with Crippen LogP contribution in [0.2, 0.25) is 0 Å². The molecule has 1 aromatic heterocycles. The van der Waals surface area contributed by atoms with Gasteiger partial charge in [-0.15, -0.1) is 5.10 Å². The molecular formula is C32H34BrN5O4S. The van der Waals surface area contributed by atoms with Crippen LogP contribution in [0.15, 0.2) is 81.6 Å². The number of para-hydroxylation sites is 2. The van der Waals surface area contributed by atoms with Gasteiger partial charge in [-0.2, -0.15) is 4.98 Å². The van der Waals surface area contributed by atoms with Crippen LogP contribution in [-0.2, 0) is 11.4 Å². The van der Waals surface area contributed by atoms with Gasteiger partial charge in [-0.25, -0.2) is 4.68 Å². The first-order valence-electron chi connectivity index (χ1n) is 14.0. The van der Waals surface area contributed by atoms with Crippen molar-refractivity contribution < 1.29 is 19.0 Å². The SMILES string of the molecule is CCOc1ccccc1NC(=O)C1=C(C)Nc2nc(SCC)nn2C1c1cc(Br)c(OCc2ccc(C)cc2)c(OC)c1. The van der Waals surface area contributed by atoms with Crippen LogP contribution in [0.5, 0.6) is 17.2 Å². The Labute approximate surface area is 264 Å². The monoisotopic (exact) mass is 663 g/mol. The maximum absolute atomic E-state index is 14.1. The number of halogens is 1. The number of rotatable bonds is 11. The second-order valence-electron chi connectivity index (χ2n) is 9.85. The van der Waals surface area contributed by atoms with Gasteiger partial charge >= 0.3 is 0 Å². The lowest BCUT2D eigenvalue weighted by molar-refractivity contribution is -0.113. The fraction of sp³-hybridized carbons (Fsp3) is 0.281. The van der Waals surface area contributed by atoms with Gasteiger partial charge < -0.3 is 24.8 Å². The summed E-state index contributed by atoms with van der Waals surface area (Å²) in [5.74, 6) is 2.77. The number of anilines is 2. The van der Waals surface area contributed by atoms with Crippen LogP contribution in [0.4, 0.5) is 11.6 Å². The third-order valence-electron chi connectivity index (χ3n) is 6.86. The van der Waals surface area contributed by atoms with Crippen molar-refractivity contribution in [2.75, 3.05) is 30.1 Å². The van der Waals surface area contributed by atoms with Crippen LogP contribution < -0.4 is 24.8 Å². The third kappa shape index (κ3) is 6.67. The molecule has 1 atom stereocenters. The molecule has 0 radical (unpaired) electrons. The number of carbonyl (C=O) groups excluding carboxylic acids is 1. The van der Waals surface area contributed by atoms with E-state index in [-0.39, 0.29) is 5.91 Å². The highest BCUT2D eigenvalue weighted by Gasteiger charge is 2.35. The number of fused-ring (bicyclic) bond motifs is 1. The predicted molar refractivity (Wildman–Crippen MR) is 173 cm³/mol. The quantitative estimate of drug-likeness (QED) is 0.160. The van der Waals surface area contributed by atoms with E-state index >= 15 is 0 Å². The molecule has 1 aliphatic heterocycles. The van der Waals surface area contributed by atoms with Gasteiger partial charge in [-0.3, -0.25) is 4.79 Å². The van der Waals surface area contributed by atoms with E-state index in [1.54, 1.807) is 11.8 Å². The number of ether oxygens (including phenoxy) is 3. The standard InChI is InChI=1S/C32H34BrN5O4S/c1-6-41-25-11-9-8-10-24(25)35-30(39)27-20(4)34-31-36-32(43-7-2)37-38(31)28(27)22-16-23(33)29(26(17-22)40-5)42-18-21-14-12-19(3)13-15-21/h8-17,28H,6-7,18H2,1-5H3,(H,35,39)(H,34,36,37). The number of methoxy groups -OCH3 is 1. The average molecular weight is 665 g/mol. The minimum Gasteiger partial charge on any atom is -0.493 e. The van der Waals surface area contributed by atoms with Gasteiger partial charge in [0.2, 0.25) is 11.1 Å². The van der Waals surface area contributed by atoms with E-state index in [9.17, 15) is 4.79 Å². The van der Waals surface area contributed by atoms with E-state index in [1.807, 2.05) is 69.3 Å². The Morgan fingerprint density at radius 1 is 1.07 bits per heavy atom. The molecule has 2 N–H and O–H groups in total. The lowest BCUT2D eigenvalue weighted by atomic mass is 9.94. The summed E-state index contributed by atoms with van der Waals surface area (Å²) in [6.07, 6.45) is 0. The van der Waals surface area contributed by atoms with Crippen LogP contribution >= 0.6 is 27.7 Å². The normalized spacial score (nSPS) is 14.1. The second-order valence-corrected chi connectivity index (χ2v) is 11.9. The Morgan fingerprint density at radius 3 is 2.56 bits per heavy atom. The zero-order chi connectivity index (χ0) is 30.5. The summed E-state index contributed by atoms with van der Waals surface area (Å²) >= 11 is 5.24. The number of carbonyl (C=O) groups is 1. The van der Waals surface area contributed by atoms with E-state index in [4.69, 9.17) is 19.3 Å². The first-order chi connectivity index (χ1) is 20.8. The Kier molecular flexibility index (Phi) is 9.62. The summed E-state index contributed by atoms with van der Waals surface area (Å²) in [6.45, 7) is 8.72. The van der Waals surface area contributed by atoms with Crippen molar-refractivity contribution in [1.82, 2.24) is 14.8 Å². The summed E-state index contributed by atoms with van der Waals surface area (Å²) in [4.78, 5) is 18.7. The number of hydrogen-bond acceptors (Lipinski definition) is 8. The summed E-state index contributed by atoms with van der Waals surface area (Å²) in [6, 6.07) is 18.8. The zero-order valence-electron chi connectivity index (χ0n) is 24.7. The molecule has 9 nitrogen and oxygen atoms in total. The summed E-state index contributed by atoms with van der Waals surface area (Å²) in [7, 11) is 1.60. The third-order valence-corrected chi connectivity index (χ3v) is 8.17. The molecule has 0 saturated heterocycles. The molecule has 1 amide bonds. The van der Waals surface area contributed by atoms with Crippen LogP contribution in [0.25, 0.3) is 0 Å². The highest BCUT2D eigenvalue weighted by Crippen LogP contribution is 2.43. The van der Waals surface area contributed by atoms with Gasteiger partial charge in [-0.05, 0) is 77.8 Å². The van der Waals surface area contributed by atoms with Crippen molar-refractivity contribution in [1.29, 1.82) is 0 Å². The predicted octanol–water partition coefficient (Wildman–Crippen LogP) is 7.37. The maximum Gasteiger partial charge on any atom is 0.255 e. The molecule has 0 saturated carbocycles. The number of aromatic nitrogens is 3. The first kappa shape index (κ1) is 30.5. The molecule has 224 valence electrons. The van der Waals surface area contributed by atoms with Crippen LogP contribution in [-0.4, -0.2) is 40.1 Å². The van der Waals surface area contributed by atoms with Crippen molar-refractivity contribution in [2.45, 2.75) is 45.5 Å². The molecule has 2 heterocycles. The highest BCUT2D eigenvalue weighted by atomic mass is 79.9. The number of thioether (sulfide) groups is 1. The summed E-state index contributed by atoms with van der Waals surface area (Å²) < 4.78 is 20.2. The fourth-order valence-corrected chi connectivity index (χ4v) is 5.97. The average Bonchev–Trinajstić information content (AvgIpc) is 3.39. The molecule has 4 aromatic rings. The summed E-state index contributed by atoms with van der Waals surface area (Å²) in [5.41, 5.74) is 4.73. The number of nitrogens with one attached hydrogen (secondary N) is 2. The smallest absolute Gasteiger partial charge is 0.255 e. The molecule has 1 unspecified atom stereocenters. The lowest BCUT2D eigenvalue weighted by Crippen LogP contribution is -2.31. The largest absolute Gasteiger partial charge is 0.493 e. The number of allylic oxidation sites excluding steroid dienone is 1. The topological polar surface area (TPSA) is 99.5 Å². The molecule has 0 spiro atoms. The van der Waals surface area contributed by atoms with Crippen molar-refractivity contribution in [3.63, 3.8) is 0 Å². The van der Waals surface area contributed by atoms with Crippen molar-refractivity contribution in [3.05, 3.63) is 93.1 Å². The van der Waals surface area contributed by atoms with Gasteiger partial charge in [0.1, 0.15) is 18.4 Å². The maximum atomic E-state index is 14.1. The second kappa shape index (κ2) is 13.6. The van der Waals surface area contributed by atoms with E-state index in [2.05, 4.69) is 50.6 Å². The van der Waals surface area contributed by atoms with Gasteiger partial charge in [-0.1, -0.05) is 60.6 Å². The number of amides is 1. The van der Waals surface area contributed by atoms with Crippen molar-refractivity contribution in [2.24, 2.45) is 0 Å². The molecular weight excluding hydrogens is 630 g/mol. The minimum absolute atomic E-state index is 0.289. The molecule has 43 heavy (non-hydrogen) atoms. The van der Waals surface area contributed by atoms with E-state index < -0.39 is 6.04 Å². The number of hydrogen-bond donors (Lipinski definition) is 2. The Balaban J connectivity index is 1.55. The molecule has 0 bridgehead atoms. The molecule has 0 aliphatic carbocycles. The molecule has 0 fully saturated rings. The van der Waals surface area contributed by atoms with E-state index in [1.165, 1.54) is 17.3 Å². The molecule has 1 aliphatic rings. The van der Waals surface area contributed by atoms with E-state index in [0.717, 1.165) is 16.9 Å². The molecule has 5 rings (SSSR count). The van der Waals surface area contributed by atoms with Crippen molar-refractivity contribution >= 4 is 45.2 Å². The zero-order valence-corrected chi connectivity index (χ0v) is 27.1. The summed E-state index contributed by atoms with van der Waals surface area (Å²) in [5, 5.41) is 11.8. The van der Waals surface area contributed by atoms with Crippen LogP contribution in [0, 0.1) is 6.92 Å². The number of benzene rings is 3. The first-order valence-corrected chi connectivity index (χ1v) is 15.8. The Bertz CT molecular complexity index is 1650. The lowest BCUT2D eigenvalue weighted by Gasteiger charge is -2.29. The fourth-order valence-electron chi connectivity index (χ4n) is 4.84. The Morgan fingerprint density at radius 2 is 1.84 bits per heavy atom. The van der Waals surface area contributed by atoms with Gasteiger partial charge in [0.25, 0.3) is 5.91 Å². The van der Waals surface area contributed by atoms with Crippen molar-refractivity contribution in [3.8, 4) is 17.2 Å². The van der Waals surface area contributed by atoms with Crippen LogP contribution in [0.3, 0.4) is 0 Å². The van der Waals surface area contributed by atoms with Crippen LogP contribution in [0.1, 0.15) is 43.5 Å². The van der Waals surface area contributed by atoms with Gasteiger partial charge in [0.05, 0.1) is 29.4 Å². The number of aryl methyl sites for hydroxylation is 1. The van der Waals surface area contributed by atoms with Gasteiger partial charge in [0, 0.05) is 5.70 Å².